The molecule has 0 fully saturated rings. The van der Waals surface area contributed by atoms with Gasteiger partial charge in [-0.25, -0.2) is 0 Å². The largest absolute Gasteiger partial charge is 0.491 e. The van der Waals surface area contributed by atoms with Crippen LogP contribution in [-0.2, 0) is 26.1 Å². The first-order valence-electron chi connectivity index (χ1n) is 10.9. The number of nitrogens with zero attached hydrogens (tertiary/aromatic N) is 2. The number of hydrogen-bond acceptors (Lipinski definition) is 5. The van der Waals surface area contributed by atoms with Crippen molar-refractivity contribution in [3.8, 4) is 5.75 Å². The number of pyridine rings is 1. The molecule has 1 atom stereocenters. The van der Waals surface area contributed by atoms with Crippen molar-refractivity contribution in [1.82, 2.24) is 15.2 Å². The molecule has 31 heavy (non-hydrogen) atoms. The maximum Gasteiger partial charge on any atom is 0.119 e. The van der Waals surface area contributed by atoms with Gasteiger partial charge in [0.1, 0.15) is 18.5 Å². The molecule has 0 spiro atoms. The normalized spacial score (nSPS) is 12.1. The van der Waals surface area contributed by atoms with Crippen LogP contribution in [0.5, 0.6) is 5.75 Å². The standard InChI is InChI=1S/C26H33N3O2/c1-3-21-9-12-24(28-16-21)17-27-15-22-10-13-26(14-11-22)31-20-25(30)19-29(2)18-23-7-5-4-6-8-23/h4-14,16,25,27,30H,3,15,17-20H2,1-2H3. The van der Waals surface area contributed by atoms with Gasteiger partial charge in [0, 0.05) is 32.4 Å². The third-order valence-corrected chi connectivity index (χ3v) is 5.11. The second-order valence-corrected chi connectivity index (χ2v) is 7.91. The van der Waals surface area contributed by atoms with Crippen molar-refractivity contribution in [1.29, 1.82) is 0 Å². The van der Waals surface area contributed by atoms with Crippen LogP contribution < -0.4 is 10.1 Å². The zero-order valence-electron chi connectivity index (χ0n) is 18.5. The Kier molecular flexibility index (Phi) is 9.03. The molecular formula is C26H33N3O2. The van der Waals surface area contributed by atoms with Crippen LogP contribution in [0.2, 0.25) is 0 Å². The molecule has 0 bridgehead atoms. The van der Waals surface area contributed by atoms with Gasteiger partial charge in [-0.1, -0.05) is 55.5 Å². The Morgan fingerprint density at radius 2 is 1.68 bits per heavy atom. The van der Waals surface area contributed by atoms with E-state index in [4.69, 9.17) is 4.74 Å². The van der Waals surface area contributed by atoms with Crippen molar-refractivity contribution in [2.45, 2.75) is 39.1 Å². The van der Waals surface area contributed by atoms with E-state index in [9.17, 15) is 5.11 Å². The molecular weight excluding hydrogens is 386 g/mol. The van der Waals surface area contributed by atoms with Gasteiger partial charge in [-0.05, 0) is 48.4 Å². The molecule has 1 unspecified atom stereocenters. The molecule has 0 saturated carbocycles. The third kappa shape index (κ3) is 8.13. The number of aromatic nitrogens is 1. The summed E-state index contributed by atoms with van der Waals surface area (Å²) in [6.07, 6.45) is 2.41. The van der Waals surface area contributed by atoms with E-state index in [1.54, 1.807) is 0 Å². The lowest BCUT2D eigenvalue weighted by Gasteiger charge is -2.21. The molecule has 1 aromatic heterocycles. The molecule has 3 aromatic rings. The second-order valence-electron chi connectivity index (χ2n) is 7.91. The number of benzene rings is 2. The summed E-state index contributed by atoms with van der Waals surface area (Å²) in [6.45, 7) is 5.28. The third-order valence-electron chi connectivity index (χ3n) is 5.11. The molecule has 0 radical (unpaired) electrons. The summed E-state index contributed by atoms with van der Waals surface area (Å²) in [5, 5.41) is 13.7. The summed E-state index contributed by atoms with van der Waals surface area (Å²) in [7, 11) is 2.01. The number of likely N-dealkylation sites (N-methyl/N-ethyl adjacent to an activating group) is 1. The zero-order valence-corrected chi connectivity index (χ0v) is 18.5. The van der Waals surface area contributed by atoms with E-state index in [1.807, 2.05) is 55.7 Å². The van der Waals surface area contributed by atoms with E-state index in [0.29, 0.717) is 6.54 Å². The smallest absolute Gasteiger partial charge is 0.119 e. The fourth-order valence-electron chi connectivity index (χ4n) is 3.37. The van der Waals surface area contributed by atoms with Crippen LogP contribution >= 0.6 is 0 Å². The Balaban J connectivity index is 1.35. The average Bonchev–Trinajstić information content (AvgIpc) is 2.79. The molecule has 1 heterocycles. The molecule has 2 aromatic carbocycles. The van der Waals surface area contributed by atoms with Crippen molar-refractivity contribution in [2.24, 2.45) is 0 Å². The first-order valence-corrected chi connectivity index (χ1v) is 10.9. The van der Waals surface area contributed by atoms with Crippen LogP contribution in [0.15, 0.2) is 72.9 Å². The van der Waals surface area contributed by atoms with E-state index in [2.05, 4.69) is 46.4 Å². The van der Waals surface area contributed by atoms with Crippen LogP contribution in [0.25, 0.3) is 0 Å². The van der Waals surface area contributed by atoms with Crippen molar-refractivity contribution in [2.75, 3.05) is 20.2 Å². The summed E-state index contributed by atoms with van der Waals surface area (Å²) in [5.41, 5.74) is 4.72. The maximum atomic E-state index is 10.3. The number of rotatable bonds is 12. The number of hydrogen-bond donors (Lipinski definition) is 2. The van der Waals surface area contributed by atoms with Gasteiger partial charge >= 0.3 is 0 Å². The monoisotopic (exact) mass is 419 g/mol. The number of nitrogens with one attached hydrogen (secondary N) is 1. The molecule has 164 valence electrons. The minimum absolute atomic E-state index is 0.274. The Labute approximate surface area is 185 Å². The van der Waals surface area contributed by atoms with E-state index in [-0.39, 0.29) is 6.61 Å². The lowest BCUT2D eigenvalue weighted by molar-refractivity contribution is 0.0744. The maximum absolute atomic E-state index is 10.3. The molecule has 0 aliphatic heterocycles. The zero-order chi connectivity index (χ0) is 21.9. The van der Waals surface area contributed by atoms with E-state index in [1.165, 1.54) is 16.7 Å². The minimum Gasteiger partial charge on any atom is -0.491 e. The first-order chi connectivity index (χ1) is 15.1. The predicted molar refractivity (Wildman–Crippen MR) is 125 cm³/mol. The van der Waals surface area contributed by atoms with E-state index >= 15 is 0 Å². The first kappa shape index (κ1) is 22.9. The van der Waals surface area contributed by atoms with Gasteiger partial charge in [0.2, 0.25) is 0 Å². The summed E-state index contributed by atoms with van der Waals surface area (Å²) in [4.78, 5) is 6.57. The van der Waals surface area contributed by atoms with Crippen LogP contribution in [0, 0.1) is 0 Å². The van der Waals surface area contributed by atoms with Gasteiger partial charge in [0.05, 0.1) is 5.69 Å². The van der Waals surface area contributed by atoms with E-state index in [0.717, 1.165) is 37.5 Å². The molecule has 3 rings (SSSR count). The van der Waals surface area contributed by atoms with Crippen LogP contribution in [0.4, 0.5) is 0 Å². The van der Waals surface area contributed by atoms with E-state index < -0.39 is 6.10 Å². The van der Waals surface area contributed by atoms with Gasteiger partial charge < -0.3 is 15.2 Å². The Morgan fingerprint density at radius 3 is 2.35 bits per heavy atom. The summed E-state index contributed by atoms with van der Waals surface area (Å²) >= 11 is 0. The molecule has 0 aliphatic carbocycles. The second kappa shape index (κ2) is 12.2. The van der Waals surface area contributed by atoms with Crippen LogP contribution in [-0.4, -0.2) is 41.3 Å². The predicted octanol–water partition coefficient (Wildman–Crippen LogP) is 3.81. The van der Waals surface area contributed by atoms with Gasteiger partial charge in [-0.3, -0.25) is 9.88 Å². The highest BCUT2D eigenvalue weighted by molar-refractivity contribution is 5.27. The fraction of sp³-hybridized carbons (Fsp3) is 0.346. The lowest BCUT2D eigenvalue weighted by atomic mass is 10.2. The SMILES string of the molecule is CCc1ccc(CNCc2ccc(OCC(O)CN(C)Cc3ccccc3)cc2)nc1. The van der Waals surface area contributed by atoms with Crippen molar-refractivity contribution in [3.05, 3.63) is 95.3 Å². The van der Waals surface area contributed by atoms with Crippen molar-refractivity contribution < 1.29 is 9.84 Å². The van der Waals surface area contributed by atoms with Crippen molar-refractivity contribution >= 4 is 0 Å². The topological polar surface area (TPSA) is 57.6 Å². The number of ether oxygens (including phenoxy) is 1. The Bertz CT molecular complexity index is 883. The van der Waals surface area contributed by atoms with Gasteiger partial charge in [0.15, 0.2) is 0 Å². The fourth-order valence-corrected chi connectivity index (χ4v) is 3.37. The summed E-state index contributed by atoms with van der Waals surface area (Å²) in [6, 6.07) is 22.4. The molecule has 2 N–H and O–H groups in total. The number of aliphatic hydroxyl groups excluding tert-OH is 1. The van der Waals surface area contributed by atoms with Gasteiger partial charge in [-0.15, -0.1) is 0 Å². The Morgan fingerprint density at radius 1 is 0.935 bits per heavy atom. The molecule has 0 aliphatic rings. The lowest BCUT2D eigenvalue weighted by Crippen LogP contribution is -2.32. The summed E-state index contributed by atoms with van der Waals surface area (Å²) in [5.74, 6) is 0.769. The highest BCUT2D eigenvalue weighted by Gasteiger charge is 2.10. The number of aryl methyl sites for hydroxylation is 1. The molecule has 5 nitrogen and oxygen atoms in total. The molecule has 0 amide bonds. The minimum atomic E-state index is -0.540. The molecule has 0 saturated heterocycles. The quantitative estimate of drug-likeness (QED) is 0.468. The Hall–Kier alpha value is -2.73. The highest BCUT2D eigenvalue weighted by Crippen LogP contribution is 2.13. The van der Waals surface area contributed by atoms with Gasteiger partial charge in [-0.2, -0.15) is 0 Å². The van der Waals surface area contributed by atoms with Gasteiger partial charge in [0.25, 0.3) is 0 Å². The molecule has 5 heteroatoms. The van der Waals surface area contributed by atoms with Crippen LogP contribution in [0.3, 0.4) is 0 Å². The highest BCUT2D eigenvalue weighted by atomic mass is 16.5. The van der Waals surface area contributed by atoms with Crippen LogP contribution in [0.1, 0.15) is 29.3 Å². The number of aliphatic hydroxyl groups is 1. The summed E-state index contributed by atoms with van der Waals surface area (Å²) < 4.78 is 5.76. The van der Waals surface area contributed by atoms with Crippen molar-refractivity contribution in [3.63, 3.8) is 0 Å². The average molecular weight is 420 g/mol.